The lowest BCUT2D eigenvalue weighted by atomic mass is 10.0. The predicted octanol–water partition coefficient (Wildman–Crippen LogP) is 4.12. The number of hydrogen-bond donors (Lipinski definition) is 1. The molecular weight excluding hydrogens is 272 g/mol. The topological polar surface area (TPSA) is 20.2 Å². The molecule has 1 N–H and O–H groups in total. The Labute approximate surface area is 113 Å². The van der Waals surface area contributed by atoms with Crippen molar-refractivity contribution in [2.75, 3.05) is 0 Å². The van der Waals surface area contributed by atoms with Gasteiger partial charge in [-0.2, -0.15) is 13.2 Å². The molecule has 0 aliphatic heterocycles. The SMILES string of the molecule is OC(Cc1ccc(F)cc1)c1ccc(C(F)(F)F)cc1. The van der Waals surface area contributed by atoms with E-state index in [0.717, 1.165) is 12.1 Å². The second-order valence-electron chi connectivity index (χ2n) is 4.47. The highest BCUT2D eigenvalue weighted by molar-refractivity contribution is 5.27. The first-order valence-electron chi connectivity index (χ1n) is 5.96. The lowest BCUT2D eigenvalue weighted by molar-refractivity contribution is -0.137. The summed E-state index contributed by atoms with van der Waals surface area (Å²) in [5.41, 5.74) is 0.344. The standard InChI is InChI=1S/C15H12F4O/c16-13-7-1-10(2-8-13)9-14(20)11-3-5-12(6-4-11)15(17,18)19/h1-8,14,20H,9H2. The summed E-state index contributed by atoms with van der Waals surface area (Å²) in [5.74, 6) is -0.377. The summed E-state index contributed by atoms with van der Waals surface area (Å²) in [6.07, 6.45) is -5.10. The van der Waals surface area contributed by atoms with Crippen molar-refractivity contribution < 1.29 is 22.7 Å². The van der Waals surface area contributed by atoms with Crippen molar-refractivity contribution in [3.8, 4) is 0 Å². The van der Waals surface area contributed by atoms with Crippen LogP contribution in [0.5, 0.6) is 0 Å². The Hall–Kier alpha value is -1.88. The molecule has 0 aliphatic carbocycles. The molecule has 2 rings (SSSR count). The van der Waals surface area contributed by atoms with Crippen molar-refractivity contribution in [1.29, 1.82) is 0 Å². The molecule has 0 aliphatic rings. The number of aliphatic hydroxyl groups excluding tert-OH is 1. The van der Waals surface area contributed by atoms with E-state index in [1.165, 1.54) is 36.4 Å². The first-order valence-corrected chi connectivity index (χ1v) is 5.96. The molecule has 2 aromatic carbocycles. The van der Waals surface area contributed by atoms with Crippen LogP contribution in [-0.2, 0) is 12.6 Å². The molecule has 106 valence electrons. The van der Waals surface area contributed by atoms with Crippen LogP contribution < -0.4 is 0 Å². The van der Waals surface area contributed by atoms with Gasteiger partial charge in [0.15, 0.2) is 0 Å². The molecule has 1 nitrogen and oxygen atoms in total. The summed E-state index contributed by atoms with van der Waals surface area (Å²) in [4.78, 5) is 0. The number of aliphatic hydroxyl groups is 1. The predicted molar refractivity (Wildman–Crippen MR) is 66.5 cm³/mol. The molecule has 1 unspecified atom stereocenters. The Bertz CT molecular complexity index is 558. The average Bonchev–Trinajstić information content (AvgIpc) is 2.40. The lowest BCUT2D eigenvalue weighted by Gasteiger charge is -2.13. The third kappa shape index (κ3) is 3.57. The fraction of sp³-hybridized carbons (Fsp3) is 0.200. The third-order valence-corrected chi connectivity index (χ3v) is 2.97. The van der Waals surface area contributed by atoms with Gasteiger partial charge in [0.05, 0.1) is 11.7 Å². The monoisotopic (exact) mass is 284 g/mol. The summed E-state index contributed by atoms with van der Waals surface area (Å²) < 4.78 is 50.0. The van der Waals surface area contributed by atoms with Crippen LogP contribution in [0.2, 0.25) is 0 Å². The molecule has 0 heterocycles. The van der Waals surface area contributed by atoms with Crippen LogP contribution in [0.4, 0.5) is 17.6 Å². The maximum atomic E-state index is 12.7. The van der Waals surface area contributed by atoms with Crippen molar-refractivity contribution in [3.63, 3.8) is 0 Å². The molecule has 0 saturated heterocycles. The Kier molecular flexibility index (Phi) is 4.09. The highest BCUT2D eigenvalue weighted by Crippen LogP contribution is 2.30. The minimum Gasteiger partial charge on any atom is -0.388 e. The number of alkyl halides is 3. The highest BCUT2D eigenvalue weighted by atomic mass is 19.4. The first-order chi connectivity index (χ1) is 9.36. The van der Waals surface area contributed by atoms with Crippen LogP contribution >= 0.6 is 0 Å². The molecule has 0 aromatic heterocycles. The Balaban J connectivity index is 2.09. The largest absolute Gasteiger partial charge is 0.416 e. The number of benzene rings is 2. The molecule has 0 spiro atoms. The number of halogens is 4. The molecule has 20 heavy (non-hydrogen) atoms. The third-order valence-electron chi connectivity index (χ3n) is 2.97. The summed E-state index contributed by atoms with van der Waals surface area (Å²) in [5, 5.41) is 9.96. The van der Waals surface area contributed by atoms with Crippen LogP contribution in [0.3, 0.4) is 0 Å². The van der Waals surface area contributed by atoms with Gasteiger partial charge in [0.25, 0.3) is 0 Å². The zero-order valence-electron chi connectivity index (χ0n) is 10.4. The molecule has 1 atom stereocenters. The van der Waals surface area contributed by atoms with E-state index >= 15 is 0 Å². The molecule has 0 radical (unpaired) electrons. The van der Waals surface area contributed by atoms with E-state index in [1.54, 1.807) is 0 Å². The van der Waals surface area contributed by atoms with E-state index in [0.29, 0.717) is 11.1 Å². The van der Waals surface area contributed by atoms with Gasteiger partial charge in [-0.25, -0.2) is 4.39 Å². The van der Waals surface area contributed by atoms with E-state index in [-0.39, 0.29) is 12.2 Å². The molecule has 0 fully saturated rings. The van der Waals surface area contributed by atoms with Gasteiger partial charge in [0.2, 0.25) is 0 Å². The van der Waals surface area contributed by atoms with Crippen LogP contribution in [0.1, 0.15) is 22.8 Å². The molecule has 2 aromatic rings. The average molecular weight is 284 g/mol. The number of rotatable bonds is 3. The van der Waals surface area contributed by atoms with E-state index in [9.17, 15) is 22.7 Å². The van der Waals surface area contributed by atoms with Crippen LogP contribution in [0, 0.1) is 5.82 Å². The summed E-state index contributed by atoms with van der Waals surface area (Å²) >= 11 is 0. The lowest BCUT2D eigenvalue weighted by Crippen LogP contribution is -2.06. The van der Waals surface area contributed by atoms with Crippen molar-refractivity contribution >= 4 is 0 Å². The quantitative estimate of drug-likeness (QED) is 0.841. The highest BCUT2D eigenvalue weighted by Gasteiger charge is 2.30. The number of hydrogen-bond acceptors (Lipinski definition) is 1. The zero-order chi connectivity index (χ0) is 14.8. The van der Waals surface area contributed by atoms with E-state index < -0.39 is 17.8 Å². The van der Waals surface area contributed by atoms with Gasteiger partial charge in [0.1, 0.15) is 5.82 Å². The normalized spacial score (nSPS) is 13.2. The van der Waals surface area contributed by atoms with Crippen molar-refractivity contribution in [1.82, 2.24) is 0 Å². The van der Waals surface area contributed by atoms with Gasteiger partial charge in [0, 0.05) is 6.42 Å². The van der Waals surface area contributed by atoms with E-state index in [4.69, 9.17) is 0 Å². The molecule has 0 amide bonds. The van der Waals surface area contributed by atoms with Crippen molar-refractivity contribution in [2.45, 2.75) is 18.7 Å². The Morgan fingerprint density at radius 2 is 1.45 bits per heavy atom. The Morgan fingerprint density at radius 3 is 1.95 bits per heavy atom. The molecular formula is C15H12F4O. The maximum Gasteiger partial charge on any atom is 0.416 e. The fourth-order valence-corrected chi connectivity index (χ4v) is 1.86. The van der Waals surface area contributed by atoms with Gasteiger partial charge in [-0.3, -0.25) is 0 Å². The van der Waals surface area contributed by atoms with Crippen LogP contribution in [0.25, 0.3) is 0 Å². The van der Waals surface area contributed by atoms with Crippen molar-refractivity contribution in [3.05, 3.63) is 71.0 Å². The van der Waals surface area contributed by atoms with Gasteiger partial charge in [-0.1, -0.05) is 24.3 Å². The maximum absolute atomic E-state index is 12.7. The van der Waals surface area contributed by atoms with Gasteiger partial charge in [-0.05, 0) is 35.4 Å². The first kappa shape index (κ1) is 14.5. The fourth-order valence-electron chi connectivity index (χ4n) is 1.86. The van der Waals surface area contributed by atoms with Crippen molar-refractivity contribution in [2.24, 2.45) is 0 Å². The Morgan fingerprint density at radius 1 is 0.900 bits per heavy atom. The summed E-state index contributed by atoms with van der Waals surface area (Å²) in [7, 11) is 0. The summed E-state index contributed by atoms with van der Waals surface area (Å²) in [6, 6.07) is 9.97. The minimum absolute atomic E-state index is 0.214. The van der Waals surface area contributed by atoms with Crippen LogP contribution in [0.15, 0.2) is 48.5 Å². The molecule has 5 heteroatoms. The molecule has 0 bridgehead atoms. The zero-order valence-corrected chi connectivity index (χ0v) is 10.4. The van der Waals surface area contributed by atoms with Gasteiger partial charge >= 0.3 is 6.18 Å². The second kappa shape index (κ2) is 5.63. The van der Waals surface area contributed by atoms with E-state index in [2.05, 4.69) is 0 Å². The smallest absolute Gasteiger partial charge is 0.388 e. The van der Waals surface area contributed by atoms with E-state index in [1.807, 2.05) is 0 Å². The summed E-state index contributed by atoms with van der Waals surface area (Å²) in [6.45, 7) is 0. The van der Waals surface area contributed by atoms with Gasteiger partial charge < -0.3 is 5.11 Å². The minimum atomic E-state index is -4.39. The second-order valence-corrected chi connectivity index (χ2v) is 4.47. The molecule has 0 saturated carbocycles. The van der Waals surface area contributed by atoms with Crippen LogP contribution in [-0.4, -0.2) is 5.11 Å². The van der Waals surface area contributed by atoms with Gasteiger partial charge in [-0.15, -0.1) is 0 Å².